The van der Waals surface area contributed by atoms with Crippen LogP contribution in [-0.4, -0.2) is 41.3 Å². The van der Waals surface area contributed by atoms with Crippen molar-refractivity contribution < 1.29 is 28.9 Å². The highest BCUT2D eigenvalue weighted by atomic mass is 19.1. The molecular formula is C13H16FNO5. The Bertz CT molecular complexity index is 466. The highest BCUT2D eigenvalue weighted by Gasteiger charge is 2.12. The molecule has 0 aliphatic rings. The first kappa shape index (κ1) is 15.9. The van der Waals surface area contributed by atoms with Crippen LogP contribution < -0.4 is 10.1 Å². The average Bonchev–Trinajstić information content (AvgIpc) is 2.40. The van der Waals surface area contributed by atoms with Crippen molar-refractivity contribution >= 4 is 11.9 Å². The van der Waals surface area contributed by atoms with Crippen molar-refractivity contribution in [2.75, 3.05) is 13.2 Å². The number of aliphatic hydroxyl groups excluding tert-OH is 1. The number of para-hydroxylation sites is 1. The zero-order chi connectivity index (χ0) is 15.0. The van der Waals surface area contributed by atoms with Crippen LogP contribution in [0.2, 0.25) is 0 Å². The van der Waals surface area contributed by atoms with Gasteiger partial charge in [0.15, 0.2) is 17.7 Å². The maximum Gasteiger partial charge on any atom is 0.332 e. The molecule has 6 nitrogen and oxygen atoms in total. The lowest BCUT2D eigenvalue weighted by molar-refractivity contribution is -0.147. The van der Waals surface area contributed by atoms with E-state index in [0.29, 0.717) is 0 Å². The Labute approximate surface area is 115 Å². The van der Waals surface area contributed by atoms with Crippen LogP contribution in [0.5, 0.6) is 5.75 Å². The van der Waals surface area contributed by atoms with Crippen molar-refractivity contribution in [3.63, 3.8) is 0 Å². The van der Waals surface area contributed by atoms with Crippen LogP contribution in [0.4, 0.5) is 4.39 Å². The maximum atomic E-state index is 13.2. The van der Waals surface area contributed by atoms with Gasteiger partial charge in [0, 0.05) is 13.0 Å². The quantitative estimate of drug-likeness (QED) is 0.648. The van der Waals surface area contributed by atoms with Gasteiger partial charge in [0.05, 0.1) is 13.0 Å². The first-order valence-electron chi connectivity index (χ1n) is 6.05. The van der Waals surface area contributed by atoms with E-state index >= 15 is 0 Å². The van der Waals surface area contributed by atoms with E-state index in [0.717, 1.165) is 0 Å². The molecule has 0 aromatic heterocycles. The molecule has 7 heteroatoms. The van der Waals surface area contributed by atoms with Gasteiger partial charge in [0.2, 0.25) is 5.91 Å². The van der Waals surface area contributed by atoms with Crippen molar-refractivity contribution in [2.45, 2.75) is 18.9 Å². The lowest BCUT2D eigenvalue weighted by atomic mass is 10.2. The number of carbonyl (C=O) groups excluding carboxylic acids is 1. The summed E-state index contributed by atoms with van der Waals surface area (Å²) in [6.45, 7) is 0.0558. The summed E-state index contributed by atoms with van der Waals surface area (Å²) in [6.07, 6.45) is -1.56. The van der Waals surface area contributed by atoms with Gasteiger partial charge in [0.1, 0.15) is 0 Å². The fourth-order valence-corrected chi connectivity index (χ4v) is 1.38. The number of aliphatic hydroxyl groups is 1. The molecule has 0 radical (unpaired) electrons. The predicted molar refractivity (Wildman–Crippen MR) is 67.8 cm³/mol. The molecule has 20 heavy (non-hydrogen) atoms. The third-order valence-corrected chi connectivity index (χ3v) is 2.45. The van der Waals surface area contributed by atoms with Crippen LogP contribution >= 0.6 is 0 Å². The molecule has 110 valence electrons. The second-order valence-electron chi connectivity index (χ2n) is 4.02. The summed E-state index contributed by atoms with van der Waals surface area (Å²) in [4.78, 5) is 21.7. The van der Waals surface area contributed by atoms with Crippen LogP contribution in [0.3, 0.4) is 0 Å². The molecule has 0 aliphatic heterocycles. The minimum absolute atomic E-state index is 0.00819. The topological polar surface area (TPSA) is 95.9 Å². The molecule has 0 saturated heterocycles. The van der Waals surface area contributed by atoms with E-state index in [4.69, 9.17) is 14.9 Å². The highest BCUT2D eigenvalue weighted by Crippen LogP contribution is 2.15. The van der Waals surface area contributed by atoms with Crippen LogP contribution in [-0.2, 0) is 9.59 Å². The lowest BCUT2D eigenvalue weighted by Gasteiger charge is -2.09. The number of carboxylic acids is 1. The number of carbonyl (C=O) groups is 2. The van der Waals surface area contributed by atoms with Crippen molar-refractivity contribution in [1.82, 2.24) is 5.32 Å². The number of hydrogen-bond acceptors (Lipinski definition) is 4. The van der Waals surface area contributed by atoms with Crippen LogP contribution in [0.1, 0.15) is 12.8 Å². The molecule has 1 atom stereocenters. The zero-order valence-corrected chi connectivity index (χ0v) is 10.7. The van der Waals surface area contributed by atoms with Gasteiger partial charge in [-0.25, -0.2) is 9.18 Å². The van der Waals surface area contributed by atoms with Gasteiger partial charge >= 0.3 is 5.97 Å². The number of rotatable bonds is 8. The molecular weight excluding hydrogens is 269 g/mol. The molecule has 0 heterocycles. The van der Waals surface area contributed by atoms with Gasteiger partial charge in [-0.15, -0.1) is 0 Å². The summed E-state index contributed by atoms with van der Waals surface area (Å²) in [5.74, 6) is -2.12. The summed E-state index contributed by atoms with van der Waals surface area (Å²) in [7, 11) is 0. The minimum Gasteiger partial charge on any atom is -0.490 e. The van der Waals surface area contributed by atoms with Crippen molar-refractivity contribution in [2.24, 2.45) is 0 Å². The van der Waals surface area contributed by atoms with Crippen molar-refractivity contribution in [1.29, 1.82) is 0 Å². The SMILES string of the molecule is O=C(CCOc1ccccc1F)NCCC(O)C(=O)O. The van der Waals surface area contributed by atoms with E-state index in [2.05, 4.69) is 5.32 Å². The van der Waals surface area contributed by atoms with Gasteiger partial charge in [0.25, 0.3) is 0 Å². The molecule has 0 bridgehead atoms. The zero-order valence-electron chi connectivity index (χ0n) is 10.7. The molecule has 3 N–H and O–H groups in total. The molecule has 1 unspecified atom stereocenters. The van der Waals surface area contributed by atoms with Crippen LogP contribution in [0, 0.1) is 5.82 Å². The number of aliphatic carboxylic acids is 1. The van der Waals surface area contributed by atoms with Crippen LogP contribution in [0.25, 0.3) is 0 Å². The third-order valence-electron chi connectivity index (χ3n) is 2.45. The molecule has 1 rings (SSSR count). The molecule has 0 spiro atoms. The normalized spacial score (nSPS) is 11.7. The van der Waals surface area contributed by atoms with Gasteiger partial charge in [-0.3, -0.25) is 4.79 Å². The van der Waals surface area contributed by atoms with E-state index in [1.165, 1.54) is 18.2 Å². The second-order valence-corrected chi connectivity index (χ2v) is 4.02. The van der Waals surface area contributed by atoms with E-state index in [9.17, 15) is 14.0 Å². The Morgan fingerprint density at radius 2 is 2.05 bits per heavy atom. The Hall–Kier alpha value is -2.15. The largest absolute Gasteiger partial charge is 0.490 e. The molecule has 1 aromatic rings. The van der Waals surface area contributed by atoms with Crippen LogP contribution in [0.15, 0.2) is 24.3 Å². The molecule has 1 amide bonds. The summed E-state index contributed by atoms with van der Waals surface area (Å²) in [5.41, 5.74) is 0. The van der Waals surface area contributed by atoms with Gasteiger partial charge < -0.3 is 20.3 Å². The molecule has 0 saturated carbocycles. The number of hydrogen-bond donors (Lipinski definition) is 3. The molecule has 0 fully saturated rings. The Balaban J connectivity index is 2.18. The highest BCUT2D eigenvalue weighted by molar-refractivity contribution is 5.76. The van der Waals surface area contributed by atoms with E-state index in [1.807, 2.05) is 0 Å². The number of ether oxygens (including phenoxy) is 1. The smallest absolute Gasteiger partial charge is 0.332 e. The first-order chi connectivity index (χ1) is 9.50. The summed E-state index contributed by atoms with van der Waals surface area (Å²) >= 11 is 0. The molecule has 1 aromatic carbocycles. The Morgan fingerprint density at radius 1 is 1.35 bits per heavy atom. The standard InChI is InChI=1S/C13H16FNO5/c14-9-3-1-2-4-11(9)20-8-6-12(17)15-7-5-10(16)13(18)19/h1-4,10,16H,5-8H2,(H,15,17)(H,18,19). The van der Waals surface area contributed by atoms with Gasteiger partial charge in [-0.1, -0.05) is 12.1 Å². The van der Waals surface area contributed by atoms with Gasteiger partial charge in [-0.05, 0) is 12.1 Å². The number of benzene rings is 1. The van der Waals surface area contributed by atoms with E-state index in [1.54, 1.807) is 6.07 Å². The monoisotopic (exact) mass is 285 g/mol. The van der Waals surface area contributed by atoms with E-state index in [-0.39, 0.29) is 37.6 Å². The average molecular weight is 285 g/mol. The first-order valence-corrected chi connectivity index (χ1v) is 6.05. The number of halogens is 1. The van der Waals surface area contributed by atoms with E-state index < -0.39 is 17.9 Å². The number of carboxylic acid groups (broad SMARTS) is 1. The maximum absolute atomic E-state index is 13.2. The number of amides is 1. The van der Waals surface area contributed by atoms with Gasteiger partial charge in [-0.2, -0.15) is 0 Å². The summed E-state index contributed by atoms with van der Waals surface area (Å²) in [5, 5.41) is 19.8. The second kappa shape index (κ2) is 8.11. The Kier molecular flexibility index (Phi) is 6.45. The van der Waals surface area contributed by atoms with Crippen molar-refractivity contribution in [3.8, 4) is 5.75 Å². The number of nitrogens with one attached hydrogen (secondary N) is 1. The fraction of sp³-hybridized carbons (Fsp3) is 0.385. The minimum atomic E-state index is -1.50. The predicted octanol–water partition coefficient (Wildman–Crippen LogP) is 0.546. The van der Waals surface area contributed by atoms with Crippen molar-refractivity contribution in [3.05, 3.63) is 30.1 Å². The Morgan fingerprint density at radius 3 is 2.70 bits per heavy atom. The fourth-order valence-electron chi connectivity index (χ4n) is 1.38. The molecule has 0 aliphatic carbocycles. The summed E-state index contributed by atoms with van der Waals surface area (Å²) < 4.78 is 18.3. The lowest BCUT2D eigenvalue weighted by Crippen LogP contribution is -2.30. The summed E-state index contributed by atoms with van der Waals surface area (Å²) in [6, 6.07) is 5.85. The third kappa shape index (κ3) is 5.66.